The molecule has 1 aromatic rings. The highest BCUT2D eigenvalue weighted by atomic mass is 16.6. The van der Waals surface area contributed by atoms with E-state index in [1.807, 2.05) is 30.3 Å². The van der Waals surface area contributed by atoms with Gasteiger partial charge in [0.2, 0.25) is 0 Å². The van der Waals surface area contributed by atoms with Gasteiger partial charge in [0.1, 0.15) is 16.9 Å². The molecule has 0 heterocycles. The lowest BCUT2D eigenvalue weighted by Gasteiger charge is -2.26. The zero-order chi connectivity index (χ0) is 22.1. The third-order valence-corrected chi connectivity index (χ3v) is 3.82. The molecule has 0 aliphatic heterocycles. The number of ether oxygens (including phenoxy) is 2. The average Bonchev–Trinajstić information content (AvgIpc) is 2.59. The van der Waals surface area contributed by atoms with Crippen molar-refractivity contribution in [3.05, 3.63) is 35.9 Å². The summed E-state index contributed by atoms with van der Waals surface area (Å²) in [7, 11) is 0. The minimum atomic E-state index is -1.33. The Kier molecular flexibility index (Phi) is 9.01. The van der Waals surface area contributed by atoms with Gasteiger partial charge in [-0.25, -0.2) is 14.6 Å². The minimum Gasteiger partial charge on any atom is -0.462 e. The van der Waals surface area contributed by atoms with Crippen molar-refractivity contribution in [1.82, 2.24) is 5.32 Å². The number of aryl methyl sites for hydroxylation is 1. The lowest BCUT2D eigenvalue weighted by Crippen LogP contribution is -2.51. The van der Waals surface area contributed by atoms with Crippen molar-refractivity contribution in [3.63, 3.8) is 0 Å². The van der Waals surface area contributed by atoms with E-state index in [9.17, 15) is 14.4 Å². The quantitative estimate of drug-likeness (QED) is 0.525. The van der Waals surface area contributed by atoms with Gasteiger partial charge in [-0.1, -0.05) is 30.3 Å². The van der Waals surface area contributed by atoms with E-state index in [-0.39, 0.29) is 12.3 Å². The topological polar surface area (TPSA) is 94.1 Å². The van der Waals surface area contributed by atoms with Crippen LogP contribution in [0.3, 0.4) is 0 Å². The Balaban J connectivity index is 2.85. The van der Waals surface area contributed by atoms with Gasteiger partial charge in [0.05, 0.1) is 6.61 Å². The van der Waals surface area contributed by atoms with E-state index in [0.717, 1.165) is 12.0 Å². The molecule has 1 rings (SSSR count). The van der Waals surface area contributed by atoms with Crippen LogP contribution in [0.25, 0.3) is 0 Å². The largest absolute Gasteiger partial charge is 0.462 e. The molecule has 0 bridgehead atoms. The van der Waals surface area contributed by atoms with Crippen LogP contribution in [-0.4, -0.2) is 41.4 Å². The van der Waals surface area contributed by atoms with E-state index in [0.29, 0.717) is 12.8 Å². The zero-order valence-electron chi connectivity index (χ0n) is 18.2. The highest BCUT2D eigenvalue weighted by Gasteiger charge is 2.32. The molecular formula is C22H32N2O5. The number of carbonyl (C=O) groups excluding carboxylic acids is 3. The normalized spacial score (nSPS) is 12.3. The Morgan fingerprint density at radius 1 is 1.03 bits per heavy atom. The van der Waals surface area contributed by atoms with Gasteiger partial charge in [0.25, 0.3) is 5.91 Å². The Bertz CT molecular complexity index is 733. The fourth-order valence-corrected chi connectivity index (χ4v) is 2.40. The van der Waals surface area contributed by atoms with E-state index >= 15 is 0 Å². The number of amides is 2. The van der Waals surface area contributed by atoms with Gasteiger partial charge in [-0.05, 0) is 66.4 Å². The van der Waals surface area contributed by atoms with Crippen molar-refractivity contribution < 1.29 is 23.9 Å². The van der Waals surface area contributed by atoms with Crippen molar-refractivity contribution in [3.8, 4) is 0 Å². The van der Waals surface area contributed by atoms with Gasteiger partial charge in [0, 0.05) is 0 Å². The number of hydrogen-bond donors (Lipinski definition) is 1. The van der Waals surface area contributed by atoms with E-state index in [4.69, 9.17) is 9.47 Å². The van der Waals surface area contributed by atoms with Gasteiger partial charge in [-0.3, -0.25) is 4.79 Å². The van der Waals surface area contributed by atoms with Crippen molar-refractivity contribution in [2.75, 3.05) is 6.61 Å². The molecule has 0 unspecified atom stereocenters. The van der Waals surface area contributed by atoms with Crippen LogP contribution in [0.5, 0.6) is 0 Å². The van der Waals surface area contributed by atoms with Gasteiger partial charge in [-0.2, -0.15) is 0 Å². The zero-order valence-corrected chi connectivity index (χ0v) is 18.2. The third kappa shape index (κ3) is 9.36. The molecule has 29 heavy (non-hydrogen) atoms. The van der Waals surface area contributed by atoms with Gasteiger partial charge in [-0.15, -0.1) is 0 Å². The van der Waals surface area contributed by atoms with E-state index in [2.05, 4.69) is 10.3 Å². The van der Waals surface area contributed by atoms with Crippen molar-refractivity contribution in [1.29, 1.82) is 0 Å². The maximum absolute atomic E-state index is 12.7. The molecule has 0 aliphatic rings. The predicted molar refractivity (Wildman–Crippen MR) is 112 cm³/mol. The molecule has 1 aromatic carbocycles. The summed E-state index contributed by atoms with van der Waals surface area (Å²) in [6.07, 6.45) is 0.942. The average molecular weight is 405 g/mol. The summed E-state index contributed by atoms with van der Waals surface area (Å²) in [5.74, 6) is -1.27. The molecular weight excluding hydrogens is 372 g/mol. The lowest BCUT2D eigenvalue weighted by molar-refractivity contribution is -0.135. The number of esters is 1. The summed E-state index contributed by atoms with van der Waals surface area (Å²) < 4.78 is 10.2. The first-order valence-electron chi connectivity index (χ1n) is 9.79. The smallest absolute Gasteiger partial charge is 0.408 e. The summed E-state index contributed by atoms with van der Waals surface area (Å²) >= 11 is 0. The Morgan fingerprint density at radius 2 is 1.66 bits per heavy atom. The number of nitrogens with zero attached hydrogens (tertiary/aromatic N) is 1. The van der Waals surface area contributed by atoms with Gasteiger partial charge in [0.15, 0.2) is 0 Å². The fourth-order valence-electron chi connectivity index (χ4n) is 2.40. The molecule has 0 aliphatic carbocycles. The standard InChI is InChI=1S/C22H32N2O5/c1-7-28-18(25)17(15-11-14-16-12-9-8-10-13-16)23-19(26)22(5,6)24-20(27)29-21(2,3)4/h8-10,12-13H,7,11,14-15H2,1-6H3,(H,24,27). The van der Waals surface area contributed by atoms with Crippen LogP contribution in [0.2, 0.25) is 0 Å². The van der Waals surface area contributed by atoms with Crippen LogP contribution in [0, 0.1) is 0 Å². The SMILES string of the molecule is CCOC(=O)C(CCCc1ccccc1)=NC(=O)C(C)(C)NC(=O)OC(C)(C)C. The van der Waals surface area contributed by atoms with Crippen LogP contribution in [0.1, 0.15) is 59.9 Å². The maximum Gasteiger partial charge on any atom is 0.408 e. The van der Waals surface area contributed by atoms with Crippen molar-refractivity contribution in [2.45, 2.75) is 71.9 Å². The first-order valence-corrected chi connectivity index (χ1v) is 9.79. The molecule has 0 saturated heterocycles. The summed E-state index contributed by atoms with van der Waals surface area (Å²) in [6.45, 7) is 10.1. The Hall–Kier alpha value is -2.70. The number of carbonyl (C=O) groups is 3. The first kappa shape index (κ1) is 24.3. The number of aliphatic imine (C=N–C) groups is 1. The molecule has 0 radical (unpaired) electrons. The van der Waals surface area contributed by atoms with Crippen LogP contribution in [0.15, 0.2) is 35.3 Å². The second kappa shape index (κ2) is 10.7. The Labute approximate surface area is 172 Å². The summed E-state index contributed by atoms with van der Waals surface area (Å²) in [4.78, 5) is 40.9. The monoisotopic (exact) mass is 404 g/mol. The van der Waals surface area contributed by atoms with E-state index in [1.54, 1.807) is 27.7 Å². The second-order valence-corrected chi connectivity index (χ2v) is 8.18. The number of alkyl carbamates (subject to hydrolysis) is 1. The van der Waals surface area contributed by atoms with Crippen LogP contribution >= 0.6 is 0 Å². The molecule has 7 nitrogen and oxygen atoms in total. The van der Waals surface area contributed by atoms with Gasteiger partial charge < -0.3 is 14.8 Å². The molecule has 0 saturated carbocycles. The summed E-state index contributed by atoms with van der Waals surface area (Å²) in [6, 6.07) is 9.84. The van der Waals surface area contributed by atoms with Crippen molar-refractivity contribution >= 4 is 23.7 Å². The Morgan fingerprint density at radius 3 is 2.21 bits per heavy atom. The van der Waals surface area contributed by atoms with E-state index < -0.39 is 29.1 Å². The minimum absolute atomic E-state index is 0.0480. The molecule has 0 fully saturated rings. The molecule has 0 spiro atoms. The van der Waals surface area contributed by atoms with Crippen LogP contribution in [-0.2, 0) is 25.5 Å². The summed E-state index contributed by atoms with van der Waals surface area (Å²) in [5, 5.41) is 2.50. The number of hydrogen-bond acceptors (Lipinski definition) is 5. The fraction of sp³-hybridized carbons (Fsp3) is 0.545. The highest BCUT2D eigenvalue weighted by molar-refractivity contribution is 6.38. The van der Waals surface area contributed by atoms with Crippen LogP contribution in [0.4, 0.5) is 4.79 Å². The maximum atomic E-state index is 12.7. The number of rotatable bonds is 8. The van der Waals surface area contributed by atoms with E-state index in [1.165, 1.54) is 13.8 Å². The van der Waals surface area contributed by atoms with Crippen LogP contribution < -0.4 is 5.32 Å². The van der Waals surface area contributed by atoms with Gasteiger partial charge >= 0.3 is 12.1 Å². The van der Waals surface area contributed by atoms with Crippen molar-refractivity contribution in [2.24, 2.45) is 4.99 Å². The number of nitrogens with one attached hydrogen (secondary N) is 1. The molecule has 2 amide bonds. The molecule has 160 valence electrons. The molecule has 1 N–H and O–H groups in total. The number of benzene rings is 1. The third-order valence-electron chi connectivity index (χ3n) is 3.82. The molecule has 0 aromatic heterocycles. The molecule has 0 atom stereocenters. The predicted octanol–water partition coefficient (Wildman–Crippen LogP) is 3.84. The second-order valence-electron chi connectivity index (χ2n) is 8.18. The summed E-state index contributed by atoms with van der Waals surface area (Å²) in [5.41, 5.74) is -0.847. The lowest BCUT2D eigenvalue weighted by atomic mass is 10.0. The highest BCUT2D eigenvalue weighted by Crippen LogP contribution is 2.12. The first-order chi connectivity index (χ1) is 13.4. The molecule has 7 heteroatoms.